The molecule has 0 spiro atoms. The summed E-state index contributed by atoms with van der Waals surface area (Å²) in [6.45, 7) is 2.07. The zero-order chi connectivity index (χ0) is 14.3. The Balaban J connectivity index is 2.27. The second kappa shape index (κ2) is 5.27. The second-order valence-corrected chi connectivity index (χ2v) is 6.10. The van der Waals surface area contributed by atoms with E-state index in [1.54, 1.807) is 23.6 Å². The van der Waals surface area contributed by atoms with Crippen LogP contribution >= 0.6 is 35.2 Å². The summed E-state index contributed by atoms with van der Waals surface area (Å²) < 4.78 is 16.0. The minimum Gasteiger partial charge on any atom is -0.330 e. The lowest BCUT2D eigenvalue weighted by Crippen LogP contribution is -2.09. The molecule has 0 aliphatic rings. The molecule has 2 heterocycles. The molecular formula is C13H11ClFN3S2. The van der Waals surface area contributed by atoms with Crippen LogP contribution in [0.5, 0.6) is 0 Å². The third-order valence-electron chi connectivity index (χ3n) is 3.19. The standard InChI is InChI=1S/C13H11ClFN3S2/c1-2-10(12-16-3-4-20-12)18-11-5-7(14)8(15)6-9(11)17-13(18)19/h3-6,10H,2H2,1H3,(H,17,19). The van der Waals surface area contributed by atoms with Crippen molar-refractivity contribution >= 4 is 46.2 Å². The normalized spacial score (nSPS) is 12.9. The summed E-state index contributed by atoms with van der Waals surface area (Å²) in [6.07, 6.45) is 2.61. The minimum absolute atomic E-state index is 0.0257. The first kappa shape index (κ1) is 13.7. The average molecular weight is 328 g/mol. The Kier molecular flexibility index (Phi) is 3.62. The summed E-state index contributed by atoms with van der Waals surface area (Å²) in [6, 6.07) is 3.01. The second-order valence-electron chi connectivity index (χ2n) is 4.38. The molecule has 0 saturated carbocycles. The molecule has 0 radical (unpaired) electrons. The van der Waals surface area contributed by atoms with Gasteiger partial charge in [-0.25, -0.2) is 9.37 Å². The first-order chi connectivity index (χ1) is 9.61. The maximum Gasteiger partial charge on any atom is 0.178 e. The van der Waals surface area contributed by atoms with Crippen LogP contribution in [0, 0.1) is 10.6 Å². The van der Waals surface area contributed by atoms with Gasteiger partial charge in [-0.3, -0.25) is 0 Å². The van der Waals surface area contributed by atoms with Gasteiger partial charge < -0.3 is 9.55 Å². The number of imidazole rings is 1. The third kappa shape index (κ3) is 2.17. The van der Waals surface area contributed by atoms with E-state index in [1.165, 1.54) is 6.07 Å². The predicted octanol–water partition coefficient (Wildman–Crippen LogP) is 4.95. The molecule has 0 saturated heterocycles. The van der Waals surface area contributed by atoms with Gasteiger partial charge in [-0.2, -0.15) is 0 Å². The van der Waals surface area contributed by atoms with E-state index < -0.39 is 5.82 Å². The number of fused-ring (bicyclic) bond motifs is 1. The number of thiazole rings is 1. The first-order valence-corrected chi connectivity index (χ1v) is 7.77. The molecule has 7 heteroatoms. The largest absolute Gasteiger partial charge is 0.330 e. The highest BCUT2D eigenvalue weighted by Crippen LogP contribution is 2.30. The van der Waals surface area contributed by atoms with Crippen LogP contribution in [0.15, 0.2) is 23.7 Å². The van der Waals surface area contributed by atoms with Crippen molar-refractivity contribution in [3.63, 3.8) is 0 Å². The van der Waals surface area contributed by atoms with Crippen molar-refractivity contribution in [3.05, 3.63) is 44.3 Å². The van der Waals surface area contributed by atoms with Gasteiger partial charge in [0.2, 0.25) is 0 Å². The molecule has 3 rings (SSSR count). The van der Waals surface area contributed by atoms with Gasteiger partial charge >= 0.3 is 0 Å². The van der Waals surface area contributed by atoms with Gasteiger partial charge in [0.25, 0.3) is 0 Å². The predicted molar refractivity (Wildman–Crippen MR) is 82.6 cm³/mol. The van der Waals surface area contributed by atoms with E-state index in [4.69, 9.17) is 23.8 Å². The summed E-state index contributed by atoms with van der Waals surface area (Å²) in [4.78, 5) is 7.39. The van der Waals surface area contributed by atoms with Crippen LogP contribution < -0.4 is 0 Å². The van der Waals surface area contributed by atoms with Crippen LogP contribution in [0.1, 0.15) is 24.4 Å². The van der Waals surface area contributed by atoms with E-state index in [0.717, 1.165) is 16.9 Å². The third-order valence-corrected chi connectivity index (χ3v) is 4.66. The van der Waals surface area contributed by atoms with Crippen molar-refractivity contribution in [1.29, 1.82) is 0 Å². The number of aromatic amines is 1. The molecule has 3 nitrogen and oxygen atoms in total. The smallest absolute Gasteiger partial charge is 0.178 e. The summed E-state index contributed by atoms with van der Waals surface area (Å²) >= 11 is 12.8. The topological polar surface area (TPSA) is 33.6 Å². The first-order valence-electron chi connectivity index (χ1n) is 6.10. The number of H-pyrrole nitrogens is 1. The highest BCUT2D eigenvalue weighted by atomic mass is 35.5. The van der Waals surface area contributed by atoms with E-state index in [1.807, 2.05) is 9.95 Å². The van der Waals surface area contributed by atoms with Crippen molar-refractivity contribution in [2.45, 2.75) is 19.4 Å². The lowest BCUT2D eigenvalue weighted by molar-refractivity contribution is 0.571. The molecule has 0 bridgehead atoms. The average Bonchev–Trinajstić information content (AvgIpc) is 3.02. The van der Waals surface area contributed by atoms with Gasteiger partial charge in [0.1, 0.15) is 10.8 Å². The molecule has 3 aromatic rings. The number of rotatable bonds is 3. The number of nitrogens with one attached hydrogen (secondary N) is 1. The van der Waals surface area contributed by atoms with Gasteiger partial charge in [0.15, 0.2) is 4.77 Å². The van der Waals surface area contributed by atoms with Crippen molar-refractivity contribution in [2.24, 2.45) is 0 Å². The lowest BCUT2D eigenvalue weighted by Gasteiger charge is -2.15. The van der Waals surface area contributed by atoms with Crippen LogP contribution in [0.3, 0.4) is 0 Å². The van der Waals surface area contributed by atoms with Crippen LogP contribution in [0.25, 0.3) is 11.0 Å². The fourth-order valence-corrected chi connectivity index (χ4v) is 3.60. The highest BCUT2D eigenvalue weighted by molar-refractivity contribution is 7.71. The molecule has 1 aromatic carbocycles. The number of benzene rings is 1. The number of hydrogen-bond donors (Lipinski definition) is 1. The van der Waals surface area contributed by atoms with E-state index >= 15 is 0 Å². The molecule has 1 N–H and O–H groups in total. The number of hydrogen-bond acceptors (Lipinski definition) is 3. The minimum atomic E-state index is -0.454. The molecule has 0 amide bonds. The van der Waals surface area contributed by atoms with E-state index in [0.29, 0.717) is 10.3 Å². The lowest BCUT2D eigenvalue weighted by atomic mass is 10.2. The maximum atomic E-state index is 13.5. The fourth-order valence-electron chi connectivity index (χ4n) is 2.30. The quantitative estimate of drug-likeness (QED) is 0.691. The Morgan fingerprint density at radius 1 is 1.55 bits per heavy atom. The molecule has 1 atom stereocenters. The molecular weight excluding hydrogens is 317 g/mol. The Bertz CT molecular complexity index is 807. The molecule has 0 fully saturated rings. The van der Waals surface area contributed by atoms with Crippen molar-refractivity contribution in [1.82, 2.24) is 14.5 Å². The number of aromatic nitrogens is 3. The molecule has 0 aliphatic heterocycles. The van der Waals surface area contributed by atoms with Crippen LogP contribution in [-0.2, 0) is 0 Å². The zero-order valence-electron chi connectivity index (χ0n) is 10.6. The van der Waals surface area contributed by atoms with E-state index in [9.17, 15) is 4.39 Å². The van der Waals surface area contributed by atoms with Crippen molar-refractivity contribution in [2.75, 3.05) is 0 Å². The van der Waals surface area contributed by atoms with Crippen LogP contribution in [0.4, 0.5) is 4.39 Å². The number of nitrogens with zero attached hydrogens (tertiary/aromatic N) is 2. The Hall–Kier alpha value is -1.24. The zero-order valence-corrected chi connectivity index (χ0v) is 12.9. The monoisotopic (exact) mass is 327 g/mol. The van der Waals surface area contributed by atoms with Gasteiger partial charge in [-0.1, -0.05) is 18.5 Å². The van der Waals surface area contributed by atoms with Crippen LogP contribution in [0.2, 0.25) is 5.02 Å². The van der Waals surface area contributed by atoms with Crippen molar-refractivity contribution in [3.8, 4) is 0 Å². The molecule has 104 valence electrons. The fraction of sp³-hybridized carbons (Fsp3) is 0.231. The summed E-state index contributed by atoms with van der Waals surface area (Å²) in [5.74, 6) is -0.454. The van der Waals surface area contributed by atoms with Crippen LogP contribution in [-0.4, -0.2) is 14.5 Å². The molecule has 1 unspecified atom stereocenters. The molecule has 0 aliphatic carbocycles. The van der Waals surface area contributed by atoms with Gasteiger partial charge in [0.05, 0.1) is 22.1 Å². The Morgan fingerprint density at radius 2 is 2.35 bits per heavy atom. The van der Waals surface area contributed by atoms with Gasteiger partial charge in [-0.15, -0.1) is 11.3 Å². The SMILES string of the molecule is CCC(c1nccs1)n1c(=S)[nH]c2cc(F)c(Cl)cc21. The molecule has 20 heavy (non-hydrogen) atoms. The number of halogens is 2. The van der Waals surface area contributed by atoms with Crippen molar-refractivity contribution < 1.29 is 4.39 Å². The Labute approximate surface area is 129 Å². The van der Waals surface area contributed by atoms with E-state index in [2.05, 4.69) is 16.9 Å². The van der Waals surface area contributed by atoms with E-state index in [-0.39, 0.29) is 11.1 Å². The molecule has 2 aromatic heterocycles. The highest BCUT2D eigenvalue weighted by Gasteiger charge is 2.19. The summed E-state index contributed by atoms with van der Waals surface area (Å²) in [7, 11) is 0. The van der Waals surface area contributed by atoms with Gasteiger partial charge in [0, 0.05) is 17.6 Å². The summed E-state index contributed by atoms with van der Waals surface area (Å²) in [5.41, 5.74) is 1.44. The summed E-state index contributed by atoms with van der Waals surface area (Å²) in [5, 5.41) is 3.00. The Morgan fingerprint density at radius 3 is 3.00 bits per heavy atom. The van der Waals surface area contributed by atoms with Gasteiger partial charge in [-0.05, 0) is 24.7 Å². The maximum absolute atomic E-state index is 13.5.